The number of nitrogens with two attached hydrogens (primary N) is 1. The van der Waals surface area contributed by atoms with E-state index < -0.39 is 0 Å². The molecular formula is C8H8N2O2. The van der Waals surface area contributed by atoms with E-state index in [4.69, 9.17) is 9.21 Å². The molecule has 4 nitrogen and oxygen atoms in total. The minimum Gasteiger partial charge on any atom is -0.443 e. The van der Waals surface area contributed by atoms with Crippen LogP contribution in [0.5, 0.6) is 0 Å². The second-order valence-electron chi connectivity index (χ2n) is 1.96. The third-order valence-corrected chi connectivity index (χ3v) is 1.24. The second kappa shape index (κ2) is 4.12. The van der Waals surface area contributed by atoms with Crippen LogP contribution < -0.4 is 5.73 Å². The van der Waals surface area contributed by atoms with Gasteiger partial charge in [-0.3, -0.25) is 4.79 Å². The summed E-state index contributed by atoms with van der Waals surface area (Å²) in [5.41, 5.74) is 5.93. The van der Waals surface area contributed by atoms with Crippen molar-refractivity contribution in [3.63, 3.8) is 0 Å². The summed E-state index contributed by atoms with van der Waals surface area (Å²) in [5.74, 6) is 0. The van der Waals surface area contributed by atoms with Crippen LogP contribution in [0.15, 0.2) is 35.1 Å². The molecule has 62 valence electrons. The number of carbonyl (C=O) groups excluding carboxylic acids is 1. The standard InChI is InChI=1S/C7H5NO.CH3NO/c1-2-4-7-6(3-1)8-5-9-7;2-1-3/h1-5H;1H,(H2,2,3). The highest BCUT2D eigenvalue weighted by Gasteiger charge is 1.91. The molecule has 1 amide bonds. The van der Waals surface area contributed by atoms with Crippen molar-refractivity contribution in [1.82, 2.24) is 4.98 Å². The van der Waals surface area contributed by atoms with Crippen LogP contribution in [0, 0.1) is 0 Å². The minimum absolute atomic E-state index is 0.250. The molecule has 1 heterocycles. The van der Waals surface area contributed by atoms with E-state index >= 15 is 0 Å². The Morgan fingerprint density at radius 1 is 1.42 bits per heavy atom. The summed E-state index contributed by atoms with van der Waals surface area (Å²) in [6.45, 7) is 0. The number of amides is 1. The van der Waals surface area contributed by atoms with Gasteiger partial charge >= 0.3 is 0 Å². The van der Waals surface area contributed by atoms with E-state index in [0.29, 0.717) is 0 Å². The summed E-state index contributed by atoms with van der Waals surface area (Å²) in [6, 6.07) is 7.67. The minimum atomic E-state index is 0.250. The molecule has 0 spiro atoms. The number of fused-ring (bicyclic) bond motifs is 1. The Bertz CT molecular complexity index is 326. The molecule has 0 radical (unpaired) electrons. The fourth-order valence-corrected chi connectivity index (χ4v) is 0.803. The molecule has 0 atom stereocenters. The van der Waals surface area contributed by atoms with Crippen LogP contribution in [0.1, 0.15) is 0 Å². The summed E-state index contributed by atoms with van der Waals surface area (Å²) in [4.78, 5) is 12.5. The first-order valence-electron chi connectivity index (χ1n) is 3.32. The summed E-state index contributed by atoms with van der Waals surface area (Å²) in [5, 5.41) is 0. The maximum absolute atomic E-state index is 8.58. The molecule has 0 bridgehead atoms. The van der Waals surface area contributed by atoms with Gasteiger partial charge in [0, 0.05) is 0 Å². The number of para-hydroxylation sites is 2. The first-order chi connectivity index (χ1) is 5.88. The van der Waals surface area contributed by atoms with Crippen molar-refractivity contribution >= 4 is 17.5 Å². The lowest BCUT2D eigenvalue weighted by molar-refractivity contribution is -0.106. The van der Waals surface area contributed by atoms with Crippen molar-refractivity contribution < 1.29 is 9.21 Å². The van der Waals surface area contributed by atoms with Crippen molar-refractivity contribution in [2.75, 3.05) is 0 Å². The molecule has 2 aromatic rings. The Kier molecular flexibility index (Phi) is 2.84. The zero-order valence-electron chi connectivity index (χ0n) is 6.31. The zero-order valence-corrected chi connectivity index (χ0v) is 6.31. The van der Waals surface area contributed by atoms with Crippen LogP contribution in [-0.4, -0.2) is 11.4 Å². The van der Waals surface area contributed by atoms with E-state index in [0.717, 1.165) is 11.1 Å². The van der Waals surface area contributed by atoms with E-state index in [2.05, 4.69) is 10.7 Å². The maximum Gasteiger partial charge on any atom is 0.204 e. The van der Waals surface area contributed by atoms with Crippen LogP contribution in [-0.2, 0) is 4.79 Å². The van der Waals surface area contributed by atoms with Gasteiger partial charge in [0.15, 0.2) is 12.0 Å². The molecule has 2 N–H and O–H groups in total. The van der Waals surface area contributed by atoms with Crippen LogP contribution >= 0.6 is 0 Å². The predicted molar refractivity (Wildman–Crippen MR) is 44.3 cm³/mol. The van der Waals surface area contributed by atoms with Crippen molar-refractivity contribution in [3.05, 3.63) is 30.7 Å². The Morgan fingerprint density at radius 2 is 2.08 bits per heavy atom. The Balaban J connectivity index is 0.000000213. The Morgan fingerprint density at radius 3 is 2.75 bits per heavy atom. The van der Waals surface area contributed by atoms with Gasteiger partial charge in [-0.2, -0.15) is 0 Å². The molecule has 0 fully saturated rings. The molecule has 1 aromatic heterocycles. The van der Waals surface area contributed by atoms with Crippen LogP contribution in [0.2, 0.25) is 0 Å². The number of nitrogens with zero attached hydrogens (tertiary/aromatic N) is 1. The van der Waals surface area contributed by atoms with E-state index in [1.807, 2.05) is 24.3 Å². The molecule has 0 aliphatic carbocycles. The molecule has 12 heavy (non-hydrogen) atoms. The lowest BCUT2D eigenvalue weighted by Crippen LogP contribution is -1.82. The van der Waals surface area contributed by atoms with Gasteiger partial charge in [-0.25, -0.2) is 4.98 Å². The fraction of sp³-hybridized carbons (Fsp3) is 0. The van der Waals surface area contributed by atoms with Gasteiger partial charge < -0.3 is 10.2 Å². The van der Waals surface area contributed by atoms with Crippen LogP contribution in [0.3, 0.4) is 0 Å². The van der Waals surface area contributed by atoms with Crippen LogP contribution in [0.4, 0.5) is 0 Å². The SMILES string of the molecule is NC=O.c1ccc2ocnc2c1. The molecule has 0 aliphatic heterocycles. The normalized spacial score (nSPS) is 8.67. The van der Waals surface area contributed by atoms with Crippen molar-refractivity contribution in [2.24, 2.45) is 5.73 Å². The number of aromatic nitrogens is 1. The van der Waals surface area contributed by atoms with Gasteiger partial charge in [-0.15, -0.1) is 0 Å². The highest BCUT2D eigenvalue weighted by Crippen LogP contribution is 2.09. The van der Waals surface area contributed by atoms with Gasteiger partial charge in [0.2, 0.25) is 6.41 Å². The topological polar surface area (TPSA) is 69.1 Å². The number of hydrogen-bond acceptors (Lipinski definition) is 3. The van der Waals surface area contributed by atoms with Gasteiger partial charge in [0.05, 0.1) is 0 Å². The number of benzene rings is 1. The van der Waals surface area contributed by atoms with Gasteiger partial charge in [-0.05, 0) is 12.1 Å². The molecule has 0 unspecified atom stereocenters. The molecule has 4 heteroatoms. The quantitative estimate of drug-likeness (QED) is 0.589. The molecular weight excluding hydrogens is 156 g/mol. The van der Waals surface area contributed by atoms with Crippen molar-refractivity contribution in [3.8, 4) is 0 Å². The number of hydrogen-bond donors (Lipinski definition) is 1. The number of oxazole rings is 1. The fourth-order valence-electron chi connectivity index (χ4n) is 0.803. The molecule has 2 rings (SSSR count). The average molecular weight is 164 g/mol. The Labute approximate surface area is 69.0 Å². The summed E-state index contributed by atoms with van der Waals surface area (Å²) in [7, 11) is 0. The summed E-state index contributed by atoms with van der Waals surface area (Å²) < 4.78 is 5.01. The molecule has 0 saturated heterocycles. The highest BCUT2D eigenvalue weighted by atomic mass is 16.3. The highest BCUT2D eigenvalue weighted by molar-refractivity contribution is 5.71. The molecule has 0 saturated carbocycles. The number of carbonyl (C=O) groups is 1. The summed E-state index contributed by atoms with van der Waals surface area (Å²) in [6.07, 6.45) is 1.70. The van der Waals surface area contributed by atoms with E-state index in [1.54, 1.807) is 0 Å². The third-order valence-electron chi connectivity index (χ3n) is 1.24. The van der Waals surface area contributed by atoms with E-state index in [1.165, 1.54) is 6.39 Å². The average Bonchev–Trinajstić information content (AvgIpc) is 2.52. The van der Waals surface area contributed by atoms with Gasteiger partial charge in [0.25, 0.3) is 0 Å². The van der Waals surface area contributed by atoms with Gasteiger partial charge in [-0.1, -0.05) is 12.1 Å². The largest absolute Gasteiger partial charge is 0.443 e. The first kappa shape index (κ1) is 8.26. The predicted octanol–water partition coefficient (Wildman–Crippen LogP) is 0.929. The van der Waals surface area contributed by atoms with Gasteiger partial charge in [0.1, 0.15) is 5.52 Å². The Hall–Kier alpha value is -1.84. The number of rotatable bonds is 0. The van der Waals surface area contributed by atoms with Crippen molar-refractivity contribution in [1.29, 1.82) is 0 Å². The zero-order chi connectivity index (χ0) is 8.81. The first-order valence-corrected chi connectivity index (χ1v) is 3.32. The number of primary amides is 1. The smallest absolute Gasteiger partial charge is 0.204 e. The second-order valence-corrected chi connectivity index (χ2v) is 1.96. The van der Waals surface area contributed by atoms with Crippen LogP contribution in [0.25, 0.3) is 11.1 Å². The molecule has 0 aliphatic rings. The van der Waals surface area contributed by atoms with Crippen molar-refractivity contribution in [2.45, 2.75) is 0 Å². The maximum atomic E-state index is 8.58. The molecule has 1 aromatic carbocycles. The van der Waals surface area contributed by atoms with E-state index in [-0.39, 0.29) is 6.41 Å². The van der Waals surface area contributed by atoms with E-state index in [9.17, 15) is 0 Å². The third kappa shape index (κ3) is 1.82. The monoisotopic (exact) mass is 164 g/mol. The lowest BCUT2D eigenvalue weighted by Gasteiger charge is -1.79. The lowest BCUT2D eigenvalue weighted by atomic mass is 10.3. The summed E-state index contributed by atoms with van der Waals surface area (Å²) >= 11 is 0.